The van der Waals surface area contributed by atoms with Gasteiger partial charge in [0.1, 0.15) is 67.6 Å². The van der Waals surface area contributed by atoms with Crippen LogP contribution in [0.15, 0.2) is 192 Å². The number of nitrogens with zero attached hydrogens (tertiary/aromatic N) is 9. The van der Waals surface area contributed by atoms with Gasteiger partial charge >= 0.3 is 5.91 Å². The van der Waals surface area contributed by atoms with E-state index >= 15 is 0 Å². The number of rotatable bonds is 15. The van der Waals surface area contributed by atoms with Gasteiger partial charge in [0.2, 0.25) is 11.7 Å². The summed E-state index contributed by atoms with van der Waals surface area (Å²) in [5.74, 6) is -3.90. The number of benzene rings is 6. The van der Waals surface area contributed by atoms with Crippen molar-refractivity contribution in [2.24, 2.45) is 0 Å². The van der Waals surface area contributed by atoms with Gasteiger partial charge in [0.25, 0.3) is 17.7 Å². The number of carbonyl (C=O) groups excluding carboxylic acids is 3. The zero-order valence-corrected chi connectivity index (χ0v) is 52.1. The highest BCUT2D eigenvalue weighted by molar-refractivity contribution is 7.17. The number of nitrogens with one attached hydrogen (secondary N) is 3. The van der Waals surface area contributed by atoms with E-state index in [0.717, 1.165) is 93.9 Å². The Morgan fingerprint density at radius 2 is 0.802 bits per heavy atom. The van der Waals surface area contributed by atoms with E-state index < -0.39 is 35.2 Å². The first kappa shape index (κ1) is 63.7. The van der Waals surface area contributed by atoms with Crippen LogP contribution in [0.2, 0.25) is 0 Å². The smallest absolute Gasteiger partial charge is 0.311 e. The minimum Gasteiger partial charge on any atom is -0.431 e. The number of oxazole rings is 2. The molecule has 486 valence electrons. The summed E-state index contributed by atoms with van der Waals surface area (Å²) >= 11 is 1.23. The minimum absolute atomic E-state index is 0.0419. The molecule has 0 radical (unpaired) electrons. The van der Waals surface area contributed by atoms with Crippen molar-refractivity contribution in [1.82, 2.24) is 43.6 Å². The summed E-state index contributed by atoms with van der Waals surface area (Å²) in [6.45, 7) is 0. The summed E-state index contributed by atoms with van der Waals surface area (Å²) in [6, 6.07) is 36.9. The number of thiazole rings is 1. The van der Waals surface area contributed by atoms with Gasteiger partial charge in [-0.3, -0.25) is 14.4 Å². The molecular formula is C72H60F6N12O5S. The second kappa shape index (κ2) is 28.7. The van der Waals surface area contributed by atoms with Crippen molar-refractivity contribution in [3.05, 3.63) is 235 Å². The summed E-state index contributed by atoms with van der Waals surface area (Å²) in [7, 11) is 0. The van der Waals surface area contributed by atoms with Gasteiger partial charge in [-0.1, -0.05) is 74.9 Å². The summed E-state index contributed by atoms with van der Waals surface area (Å²) in [5.41, 5.74) is 6.49. The quantitative estimate of drug-likeness (QED) is 0.0823. The van der Waals surface area contributed by atoms with E-state index in [1.807, 2.05) is 15.5 Å². The van der Waals surface area contributed by atoms with Gasteiger partial charge in [-0.25, -0.2) is 56.2 Å². The topological polar surface area (TPSA) is 206 Å². The Labute approximate surface area is 550 Å². The number of hydrogen-bond donors (Lipinski definition) is 3. The van der Waals surface area contributed by atoms with Crippen LogP contribution in [0.25, 0.3) is 67.5 Å². The van der Waals surface area contributed by atoms with Crippen molar-refractivity contribution in [3.63, 3.8) is 0 Å². The van der Waals surface area contributed by atoms with Crippen molar-refractivity contribution in [2.75, 3.05) is 16.0 Å². The van der Waals surface area contributed by atoms with Crippen LogP contribution in [-0.2, 0) is 0 Å². The first-order chi connectivity index (χ1) is 46.8. The molecule has 0 aliphatic heterocycles. The first-order valence-electron chi connectivity index (χ1n) is 31.3. The predicted molar refractivity (Wildman–Crippen MR) is 351 cm³/mol. The summed E-state index contributed by atoms with van der Waals surface area (Å²) in [6.07, 6.45) is 22.5. The third-order valence-corrected chi connectivity index (χ3v) is 18.1. The summed E-state index contributed by atoms with van der Waals surface area (Å²) in [4.78, 5) is 65.0. The van der Waals surface area contributed by atoms with Crippen LogP contribution in [0.4, 0.5) is 43.4 Å². The lowest BCUT2D eigenvalue weighted by Gasteiger charge is -2.15. The maximum atomic E-state index is 13.9. The van der Waals surface area contributed by atoms with Crippen LogP contribution >= 0.6 is 11.3 Å². The molecule has 3 amide bonds. The van der Waals surface area contributed by atoms with Crippen molar-refractivity contribution < 1.29 is 49.6 Å². The second-order valence-electron chi connectivity index (χ2n) is 23.3. The summed E-state index contributed by atoms with van der Waals surface area (Å²) < 4.78 is 99.9. The van der Waals surface area contributed by atoms with Crippen LogP contribution < -0.4 is 16.0 Å². The molecule has 0 spiro atoms. The minimum atomic E-state index is -0.656. The SMILES string of the molecule is O=C(Nc1ccccc1F)c1cnc(-c2c(-c3ccc(F)cc3)ncn2C2CCCC2)o1.O=C(Nc1ccccc1F)c1cnc(-c2c(-c3ccc(F)cc3)ncn2C2CCCC2)s1.O=C(Nc1ccccc1F)c1ncc(-c2c(-c3ccc(F)cc3)ncn2C2CCCC2)o1. The van der Waals surface area contributed by atoms with Crippen molar-refractivity contribution in [1.29, 1.82) is 0 Å². The highest BCUT2D eigenvalue weighted by Gasteiger charge is 2.31. The Kier molecular flexibility index (Phi) is 19.0. The van der Waals surface area contributed by atoms with Crippen molar-refractivity contribution >= 4 is 46.1 Å². The molecule has 3 N–H and O–H groups in total. The molecule has 6 heterocycles. The normalized spacial score (nSPS) is 14.1. The Balaban J connectivity index is 0.000000130. The molecule has 0 unspecified atom stereocenters. The maximum absolute atomic E-state index is 13.9. The van der Waals surface area contributed by atoms with Crippen LogP contribution in [0.3, 0.4) is 0 Å². The van der Waals surface area contributed by atoms with Gasteiger partial charge in [0.05, 0.1) is 66.0 Å². The largest absolute Gasteiger partial charge is 0.431 e. The number of amides is 3. The molecule has 6 aromatic heterocycles. The maximum Gasteiger partial charge on any atom is 0.311 e. The molecule has 17 nitrogen and oxygen atoms in total. The average molecular weight is 1320 g/mol. The number of halogens is 6. The molecule has 3 aliphatic rings. The van der Waals surface area contributed by atoms with E-state index in [4.69, 9.17) is 8.83 Å². The highest BCUT2D eigenvalue weighted by Crippen LogP contribution is 2.43. The van der Waals surface area contributed by atoms with Gasteiger partial charge < -0.3 is 38.5 Å². The van der Waals surface area contributed by atoms with Gasteiger partial charge in [-0.15, -0.1) is 11.3 Å². The van der Waals surface area contributed by atoms with E-state index in [2.05, 4.69) is 50.4 Å². The van der Waals surface area contributed by atoms with Crippen molar-refractivity contribution in [2.45, 2.75) is 95.2 Å². The zero-order valence-electron chi connectivity index (χ0n) is 51.3. The molecule has 0 bridgehead atoms. The van der Waals surface area contributed by atoms with E-state index in [-0.39, 0.29) is 64.1 Å². The Morgan fingerprint density at radius 1 is 0.406 bits per heavy atom. The lowest BCUT2D eigenvalue weighted by molar-refractivity contribution is 0.0985. The molecular weight excluding hydrogens is 1260 g/mol. The molecule has 3 saturated carbocycles. The molecule has 3 fully saturated rings. The number of hydrogen-bond acceptors (Lipinski definition) is 12. The molecule has 15 rings (SSSR count). The van der Waals surface area contributed by atoms with Crippen LogP contribution in [0.5, 0.6) is 0 Å². The number of para-hydroxylation sites is 3. The number of imidazole rings is 3. The zero-order chi connectivity index (χ0) is 66.2. The van der Waals surface area contributed by atoms with E-state index in [9.17, 15) is 40.7 Å². The van der Waals surface area contributed by atoms with Crippen LogP contribution in [-0.4, -0.2) is 61.3 Å². The van der Waals surface area contributed by atoms with Crippen LogP contribution in [0, 0.1) is 34.9 Å². The van der Waals surface area contributed by atoms with Crippen molar-refractivity contribution in [3.8, 4) is 67.5 Å². The fourth-order valence-corrected chi connectivity index (χ4v) is 13.1. The molecule has 24 heteroatoms. The fourth-order valence-electron chi connectivity index (χ4n) is 12.3. The van der Waals surface area contributed by atoms with Gasteiger partial charge in [-0.05, 0) is 148 Å². The number of anilines is 3. The van der Waals surface area contributed by atoms with E-state index in [0.29, 0.717) is 55.7 Å². The standard InChI is InChI=1S/2C24H20F2N4O2.C24H20F2N4OS/c25-16-11-9-15(10-12-16)21-22(30(14-28-21)17-5-1-2-6-17)24-27-13-20(32-24)23(31)29-19-8-4-3-7-18(19)26;25-16-11-9-15(10-12-16)21-22(30(14-28-21)17-5-1-2-6-17)20-13-27-24(32-20)23(31)29-19-8-4-3-7-18(19)26;25-16-11-9-15(10-12-16)21-22(30(14-28-21)17-5-1-2-6-17)24-27-13-20(32-24)23(31)29-19-8-4-3-7-18(19)26/h3*3-4,7-14,17H,1-2,5-6H2,(H,29,31). The highest BCUT2D eigenvalue weighted by atomic mass is 32.1. The second-order valence-corrected chi connectivity index (χ2v) is 24.3. The monoisotopic (exact) mass is 1320 g/mol. The lowest BCUT2D eigenvalue weighted by atomic mass is 10.1. The van der Waals surface area contributed by atoms with Gasteiger partial charge in [-0.2, -0.15) is 0 Å². The number of aromatic nitrogens is 9. The lowest BCUT2D eigenvalue weighted by Crippen LogP contribution is -2.13. The van der Waals surface area contributed by atoms with Gasteiger partial charge in [0, 0.05) is 34.8 Å². The first-order valence-corrected chi connectivity index (χ1v) is 32.2. The number of carbonyl (C=O) groups is 3. The van der Waals surface area contributed by atoms with Gasteiger partial charge in [0.15, 0.2) is 5.76 Å². The molecule has 0 atom stereocenters. The van der Waals surface area contributed by atoms with E-state index in [1.54, 1.807) is 79.4 Å². The molecule has 12 aromatic rings. The fraction of sp³-hybridized carbons (Fsp3) is 0.208. The average Bonchev–Trinajstić information content (AvgIpc) is 1.65. The Hall–Kier alpha value is -11.0. The predicted octanol–water partition coefficient (Wildman–Crippen LogP) is 18.0. The molecule has 0 saturated heterocycles. The third-order valence-electron chi connectivity index (χ3n) is 17.1. The van der Waals surface area contributed by atoms with Crippen LogP contribution in [0.1, 0.15) is 126 Å². The molecule has 6 aromatic carbocycles. The molecule has 3 aliphatic carbocycles. The Bertz CT molecular complexity index is 4250. The third kappa shape index (κ3) is 14.1. The van der Waals surface area contributed by atoms with E-state index in [1.165, 1.54) is 109 Å². The Morgan fingerprint density at radius 3 is 1.26 bits per heavy atom. The molecule has 96 heavy (non-hydrogen) atoms. The summed E-state index contributed by atoms with van der Waals surface area (Å²) in [5, 5.41) is 8.21.